The van der Waals surface area contributed by atoms with E-state index in [0.717, 1.165) is 35.6 Å². The van der Waals surface area contributed by atoms with Crippen LogP contribution in [0.25, 0.3) is 0 Å². The summed E-state index contributed by atoms with van der Waals surface area (Å²) in [5.74, 6) is 0. The van der Waals surface area contributed by atoms with Crippen LogP contribution in [0.15, 0.2) is 29.2 Å². The Balaban J connectivity index is 2.33. The normalized spacial score (nSPS) is 16.9. The van der Waals surface area contributed by atoms with E-state index in [9.17, 15) is 18.5 Å². The SMILES string of the molecule is O=[N+]([O-])c1cccc(S(=O)(=O)N(Cl)C2CCCC2)c1. The summed E-state index contributed by atoms with van der Waals surface area (Å²) in [7, 11) is -3.88. The Labute approximate surface area is 116 Å². The van der Waals surface area contributed by atoms with Crippen molar-refractivity contribution < 1.29 is 13.3 Å². The van der Waals surface area contributed by atoms with Crippen LogP contribution in [0.4, 0.5) is 5.69 Å². The lowest BCUT2D eigenvalue weighted by molar-refractivity contribution is -0.385. The van der Waals surface area contributed by atoms with Crippen molar-refractivity contribution in [3.8, 4) is 0 Å². The Kier molecular flexibility index (Phi) is 4.07. The number of sulfonamides is 1. The van der Waals surface area contributed by atoms with E-state index in [1.807, 2.05) is 0 Å². The molecular weight excluding hydrogens is 292 g/mol. The molecule has 0 bridgehead atoms. The Bertz CT molecular complexity index is 584. The molecule has 0 unspecified atom stereocenters. The first-order valence-electron chi connectivity index (χ1n) is 5.87. The maximum absolute atomic E-state index is 12.3. The molecule has 19 heavy (non-hydrogen) atoms. The van der Waals surface area contributed by atoms with Crippen LogP contribution in [0.1, 0.15) is 25.7 Å². The Hall–Kier alpha value is -1.18. The Morgan fingerprint density at radius 1 is 1.32 bits per heavy atom. The molecule has 1 aliphatic rings. The fourth-order valence-electron chi connectivity index (χ4n) is 2.16. The fourth-order valence-corrected chi connectivity index (χ4v) is 3.92. The van der Waals surface area contributed by atoms with Crippen LogP contribution in [0, 0.1) is 10.1 Å². The first kappa shape index (κ1) is 14.2. The number of rotatable bonds is 4. The quantitative estimate of drug-likeness (QED) is 0.486. The lowest BCUT2D eigenvalue weighted by Crippen LogP contribution is -2.30. The van der Waals surface area contributed by atoms with Gasteiger partial charge in [-0.3, -0.25) is 10.1 Å². The van der Waals surface area contributed by atoms with Gasteiger partial charge < -0.3 is 0 Å². The third-order valence-corrected chi connectivity index (χ3v) is 5.60. The molecule has 2 rings (SSSR count). The van der Waals surface area contributed by atoms with E-state index < -0.39 is 14.9 Å². The number of nitro groups is 1. The molecule has 0 radical (unpaired) electrons. The zero-order chi connectivity index (χ0) is 14.0. The molecule has 1 aromatic rings. The summed E-state index contributed by atoms with van der Waals surface area (Å²) >= 11 is 5.92. The highest BCUT2D eigenvalue weighted by Crippen LogP contribution is 2.31. The number of hydrogen-bond donors (Lipinski definition) is 0. The van der Waals surface area contributed by atoms with E-state index in [1.165, 1.54) is 18.2 Å². The van der Waals surface area contributed by atoms with E-state index in [4.69, 9.17) is 11.8 Å². The highest BCUT2D eigenvalue weighted by atomic mass is 35.5. The second-order valence-corrected chi connectivity index (χ2v) is 6.82. The summed E-state index contributed by atoms with van der Waals surface area (Å²) in [6.07, 6.45) is 3.33. The van der Waals surface area contributed by atoms with Crippen molar-refractivity contribution in [1.29, 1.82) is 0 Å². The van der Waals surface area contributed by atoms with Crippen LogP contribution >= 0.6 is 11.8 Å². The van der Waals surface area contributed by atoms with Crippen molar-refractivity contribution in [2.24, 2.45) is 0 Å². The topological polar surface area (TPSA) is 80.5 Å². The molecule has 0 aliphatic heterocycles. The smallest absolute Gasteiger partial charge is 0.258 e. The largest absolute Gasteiger partial charge is 0.270 e. The highest BCUT2D eigenvalue weighted by molar-refractivity contribution is 7.90. The van der Waals surface area contributed by atoms with Crippen LogP contribution < -0.4 is 0 Å². The summed E-state index contributed by atoms with van der Waals surface area (Å²) < 4.78 is 25.3. The zero-order valence-corrected chi connectivity index (χ0v) is 11.6. The van der Waals surface area contributed by atoms with Crippen LogP contribution in [0.5, 0.6) is 0 Å². The lowest BCUT2D eigenvalue weighted by atomic mass is 10.3. The third kappa shape index (κ3) is 2.88. The van der Waals surface area contributed by atoms with Gasteiger partial charge >= 0.3 is 0 Å². The molecule has 0 heterocycles. The number of benzene rings is 1. The van der Waals surface area contributed by atoms with E-state index in [2.05, 4.69) is 0 Å². The molecule has 1 aliphatic carbocycles. The van der Waals surface area contributed by atoms with Gasteiger partial charge in [-0.25, -0.2) is 8.42 Å². The predicted octanol–water partition coefficient (Wildman–Crippen LogP) is 2.68. The van der Waals surface area contributed by atoms with Gasteiger partial charge in [-0.2, -0.15) is 0 Å². The highest BCUT2D eigenvalue weighted by Gasteiger charge is 2.32. The zero-order valence-electron chi connectivity index (χ0n) is 10.0. The van der Waals surface area contributed by atoms with Gasteiger partial charge in [-0.1, -0.05) is 18.9 Å². The monoisotopic (exact) mass is 304 g/mol. The van der Waals surface area contributed by atoms with Crippen molar-refractivity contribution in [3.05, 3.63) is 34.4 Å². The molecule has 1 fully saturated rings. The number of hydrogen-bond acceptors (Lipinski definition) is 4. The van der Waals surface area contributed by atoms with Gasteiger partial charge in [0.05, 0.1) is 9.82 Å². The van der Waals surface area contributed by atoms with Crippen LogP contribution in [-0.4, -0.2) is 23.2 Å². The molecule has 0 N–H and O–H groups in total. The van der Waals surface area contributed by atoms with Crippen LogP contribution in [-0.2, 0) is 10.0 Å². The van der Waals surface area contributed by atoms with E-state index >= 15 is 0 Å². The maximum atomic E-state index is 12.3. The molecule has 1 saturated carbocycles. The van der Waals surface area contributed by atoms with Crippen molar-refractivity contribution in [2.75, 3.05) is 0 Å². The van der Waals surface area contributed by atoms with Crippen molar-refractivity contribution in [1.82, 2.24) is 3.82 Å². The molecule has 0 amide bonds. The molecule has 8 heteroatoms. The molecule has 1 aromatic carbocycles. The van der Waals surface area contributed by atoms with Crippen LogP contribution in [0.2, 0.25) is 0 Å². The first-order valence-corrected chi connectivity index (χ1v) is 7.65. The average Bonchev–Trinajstić information content (AvgIpc) is 2.91. The van der Waals surface area contributed by atoms with E-state index in [1.54, 1.807) is 0 Å². The first-order chi connectivity index (χ1) is 8.93. The fraction of sp³-hybridized carbons (Fsp3) is 0.455. The molecule has 6 nitrogen and oxygen atoms in total. The number of non-ortho nitro benzene ring substituents is 1. The van der Waals surface area contributed by atoms with Crippen molar-refractivity contribution >= 4 is 27.5 Å². The minimum atomic E-state index is -3.88. The summed E-state index contributed by atoms with van der Waals surface area (Å²) in [4.78, 5) is 9.89. The van der Waals surface area contributed by atoms with Gasteiger partial charge in [0.15, 0.2) is 0 Å². The molecule has 0 aromatic heterocycles. The van der Waals surface area contributed by atoms with E-state index in [0.29, 0.717) is 0 Å². The van der Waals surface area contributed by atoms with E-state index in [-0.39, 0.29) is 16.6 Å². The Morgan fingerprint density at radius 3 is 2.53 bits per heavy atom. The summed E-state index contributed by atoms with van der Waals surface area (Å²) in [6, 6.07) is 4.69. The van der Waals surface area contributed by atoms with Gasteiger partial charge in [-0.15, -0.1) is 3.82 Å². The summed E-state index contributed by atoms with van der Waals surface area (Å²) in [5, 5.41) is 10.7. The number of halogens is 1. The lowest BCUT2D eigenvalue weighted by Gasteiger charge is -2.20. The van der Waals surface area contributed by atoms with Crippen molar-refractivity contribution in [2.45, 2.75) is 36.6 Å². The summed E-state index contributed by atoms with van der Waals surface area (Å²) in [6.45, 7) is 0. The minimum Gasteiger partial charge on any atom is -0.258 e. The number of nitrogens with zero attached hydrogens (tertiary/aromatic N) is 2. The van der Waals surface area contributed by atoms with Gasteiger partial charge in [0.1, 0.15) is 0 Å². The van der Waals surface area contributed by atoms with Gasteiger partial charge in [0.2, 0.25) is 0 Å². The second-order valence-electron chi connectivity index (χ2n) is 4.44. The summed E-state index contributed by atoms with van der Waals surface area (Å²) in [5.41, 5.74) is -0.266. The molecule has 0 spiro atoms. The van der Waals surface area contributed by atoms with Gasteiger partial charge in [0, 0.05) is 18.2 Å². The van der Waals surface area contributed by atoms with Crippen molar-refractivity contribution in [3.63, 3.8) is 0 Å². The van der Waals surface area contributed by atoms with Gasteiger partial charge in [-0.05, 0) is 30.7 Å². The minimum absolute atomic E-state index is 0.149. The molecular formula is C11H13ClN2O4S. The maximum Gasteiger partial charge on any atom is 0.270 e. The Morgan fingerprint density at radius 2 is 1.95 bits per heavy atom. The van der Waals surface area contributed by atoms with Crippen LogP contribution in [0.3, 0.4) is 0 Å². The molecule has 0 atom stereocenters. The molecule has 0 saturated heterocycles. The second kappa shape index (κ2) is 5.44. The average molecular weight is 305 g/mol. The van der Waals surface area contributed by atoms with Gasteiger partial charge in [0.25, 0.3) is 15.7 Å². The standard InChI is InChI=1S/C11H13ClN2O4S/c12-13(9-4-1-2-5-9)19(17,18)11-7-3-6-10(8-11)14(15)16/h3,6-9H,1-2,4-5H2. The number of nitro benzene ring substituents is 1. The predicted molar refractivity (Wildman–Crippen MR) is 70.2 cm³/mol. The third-order valence-electron chi connectivity index (χ3n) is 3.17. The molecule has 104 valence electrons.